The molecule has 0 bridgehead atoms. The molecule has 0 aliphatic carbocycles. The zero-order valence-electron chi connectivity index (χ0n) is 12.1. The summed E-state index contributed by atoms with van der Waals surface area (Å²) in [5.74, 6) is 0.205. The van der Waals surface area contributed by atoms with Crippen molar-refractivity contribution < 1.29 is 4.79 Å². The lowest BCUT2D eigenvalue weighted by Gasteiger charge is -2.17. The van der Waals surface area contributed by atoms with Gasteiger partial charge in [-0.15, -0.1) is 10.2 Å². The summed E-state index contributed by atoms with van der Waals surface area (Å²) in [7, 11) is 2.05. The Morgan fingerprint density at radius 1 is 1.29 bits per heavy atom. The summed E-state index contributed by atoms with van der Waals surface area (Å²) in [6, 6.07) is 10.2. The van der Waals surface area contributed by atoms with Crippen molar-refractivity contribution in [2.45, 2.75) is 12.8 Å². The van der Waals surface area contributed by atoms with Gasteiger partial charge in [0, 0.05) is 19.0 Å². The van der Waals surface area contributed by atoms with Gasteiger partial charge in [-0.25, -0.2) is 0 Å². The van der Waals surface area contributed by atoms with Gasteiger partial charge in [-0.1, -0.05) is 41.7 Å². The van der Waals surface area contributed by atoms with Gasteiger partial charge in [-0.3, -0.25) is 4.79 Å². The third-order valence-electron chi connectivity index (χ3n) is 3.82. The van der Waals surface area contributed by atoms with E-state index in [1.807, 2.05) is 25.1 Å². The van der Waals surface area contributed by atoms with Crippen LogP contribution in [0.3, 0.4) is 0 Å². The molecule has 0 spiro atoms. The summed E-state index contributed by atoms with van der Waals surface area (Å²) in [6.07, 6.45) is 0. The molecule has 2 unspecified atom stereocenters. The summed E-state index contributed by atoms with van der Waals surface area (Å²) in [4.78, 5) is 14.8. The van der Waals surface area contributed by atoms with Gasteiger partial charge >= 0.3 is 0 Å². The number of nitrogens with one attached hydrogen (secondary N) is 1. The Labute approximate surface area is 128 Å². The van der Waals surface area contributed by atoms with E-state index in [0.717, 1.165) is 18.1 Å². The van der Waals surface area contributed by atoms with Crippen molar-refractivity contribution in [1.29, 1.82) is 0 Å². The van der Waals surface area contributed by atoms with Gasteiger partial charge in [0.15, 0.2) is 0 Å². The van der Waals surface area contributed by atoms with E-state index in [1.165, 1.54) is 16.9 Å². The van der Waals surface area contributed by atoms with Crippen LogP contribution in [0.2, 0.25) is 0 Å². The molecule has 1 aromatic carbocycles. The van der Waals surface area contributed by atoms with Gasteiger partial charge in [-0.2, -0.15) is 0 Å². The van der Waals surface area contributed by atoms with Crippen molar-refractivity contribution in [3.63, 3.8) is 0 Å². The monoisotopic (exact) mass is 302 g/mol. The number of hydrogen-bond donors (Lipinski definition) is 1. The van der Waals surface area contributed by atoms with Crippen LogP contribution in [-0.2, 0) is 4.79 Å². The molecule has 3 rings (SSSR count). The Morgan fingerprint density at radius 3 is 2.71 bits per heavy atom. The topological polar surface area (TPSA) is 58.1 Å². The fraction of sp³-hybridized carbons (Fsp3) is 0.400. The molecule has 21 heavy (non-hydrogen) atoms. The number of likely N-dealkylation sites (tertiary alicyclic amines) is 1. The van der Waals surface area contributed by atoms with E-state index < -0.39 is 0 Å². The second-order valence-corrected chi connectivity index (χ2v) is 6.64. The van der Waals surface area contributed by atoms with E-state index in [1.54, 1.807) is 0 Å². The Kier molecular flexibility index (Phi) is 3.98. The SMILES string of the molecule is Cc1nnc(NC(=O)C2CN(C)CC2c2ccccc2)s1. The number of aryl methyl sites for hydroxylation is 1. The number of carbonyl (C=O) groups is 1. The molecular formula is C15H18N4OS. The predicted molar refractivity (Wildman–Crippen MR) is 83.4 cm³/mol. The lowest BCUT2D eigenvalue weighted by atomic mass is 9.88. The highest BCUT2D eigenvalue weighted by molar-refractivity contribution is 7.15. The van der Waals surface area contributed by atoms with Gasteiger partial charge in [0.05, 0.1) is 5.92 Å². The fourth-order valence-corrected chi connectivity index (χ4v) is 3.44. The zero-order chi connectivity index (χ0) is 14.8. The van der Waals surface area contributed by atoms with Crippen LogP contribution in [0, 0.1) is 12.8 Å². The van der Waals surface area contributed by atoms with Crippen molar-refractivity contribution in [3.8, 4) is 0 Å². The van der Waals surface area contributed by atoms with Crippen molar-refractivity contribution in [2.75, 3.05) is 25.5 Å². The van der Waals surface area contributed by atoms with Gasteiger partial charge in [0.2, 0.25) is 11.0 Å². The molecule has 1 N–H and O–H groups in total. The summed E-state index contributed by atoms with van der Waals surface area (Å²) in [6.45, 7) is 3.55. The van der Waals surface area contributed by atoms with Gasteiger partial charge in [0.1, 0.15) is 5.01 Å². The molecule has 110 valence electrons. The number of likely N-dealkylation sites (N-methyl/N-ethyl adjacent to an activating group) is 1. The molecule has 1 aliphatic heterocycles. The number of hydrogen-bond acceptors (Lipinski definition) is 5. The van der Waals surface area contributed by atoms with Crippen LogP contribution in [0.25, 0.3) is 0 Å². The van der Waals surface area contributed by atoms with Crippen molar-refractivity contribution in [1.82, 2.24) is 15.1 Å². The summed E-state index contributed by atoms with van der Waals surface area (Å²) < 4.78 is 0. The second-order valence-electron chi connectivity index (χ2n) is 5.46. The minimum atomic E-state index is -0.0541. The molecule has 1 fully saturated rings. The summed E-state index contributed by atoms with van der Waals surface area (Å²) >= 11 is 1.40. The standard InChI is InChI=1S/C15H18N4OS/c1-10-17-18-15(21-10)16-14(20)13-9-19(2)8-12(13)11-6-4-3-5-7-11/h3-7,12-13H,8-9H2,1-2H3,(H,16,18,20). The Balaban J connectivity index is 1.77. The first kappa shape index (κ1) is 14.2. The minimum absolute atomic E-state index is 0.0318. The molecule has 1 aromatic heterocycles. The van der Waals surface area contributed by atoms with E-state index >= 15 is 0 Å². The summed E-state index contributed by atoms with van der Waals surface area (Å²) in [5.41, 5.74) is 1.22. The van der Waals surface area contributed by atoms with E-state index in [-0.39, 0.29) is 17.7 Å². The van der Waals surface area contributed by atoms with Crippen LogP contribution >= 0.6 is 11.3 Å². The number of amides is 1. The molecule has 2 atom stereocenters. The third kappa shape index (κ3) is 3.11. The molecule has 6 heteroatoms. The molecule has 0 saturated carbocycles. The van der Waals surface area contributed by atoms with Crippen molar-refractivity contribution in [3.05, 3.63) is 40.9 Å². The van der Waals surface area contributed by atoms with Gasteiger partial charge in [-0.05, 0) is 19.5 Å². The van der Waals surface area contributed by atoms with E-state index in [9.17, 15) is 4.79 Å². The number of carbonyl (C=O) groups excluding carboxylic acids is 1. The maximum atomic E-state index is 12.6. The molecular weight excluding hydrogens is 284 g/mol. The maximum Gasteiger partial charge on any atom is 0.231 e. The zero-order valence-corrected chi connectivity index (χ0v) is 12.9. The first-order valence-electron chi connectivity index (χ1n) is 6.98. The average molecular weight is 302 g/mol. The highest BCUT2D eigenvalue weighted by Crippen LogP contribution is 2.32. The van der Waals surface area contributed by atoms with Gasteiger partial charge in [0.25, 0.3) is 0 Å². The third-order valence-corrected chi connectivity index (χ3v) is 4.58. The smallest absolute Gasteiger partial charge is 0.231 e. The Hall–Kier alpha value is -1.79. The lowest BCUT2D eigenvalue weighted by Crippen LogP contribution is -2.28. The largest absolute Gasteiger partial charge is 0.305 e. The van der Waals surface area contributed by atoms with Crippen LogP contribution in [0.5, 0.6) is 0 Å². The quantitative estimate of drug-likeness (QED) is 0.943. The molecule has 2 heterocycles. The Bertz CT molecular complexity index is 628. The van der Waals surface area contributed by atoms with E-state index in [2.05, 4.69) is 39.6 Å². The number of rotatable bonds is 3. The number of benzene rings is 1. The van der Waals surface area contributed by atoms with E-state index in [4.69, 9.17) is 0 Å². The van der Waals surface area contributed by atoms with Crippen LogP contribution in [0.15, 0.2) is 30.3 Å². The average Bonchev–Trinajstić information content (AvgIpc) is 3.06. The number of anilines is 1. The van der Waals surface area contributed by atoms with E-state index in [0.29, 0.717) is 5.13 Å². The van der Waals surface area contributed by atoms with Gasteiger partial charge < -0.3 is 10.2 Å². The number of aromatic nitrogens is 2. The maximum absolute atomic E-state index is 12.6. The molecule has 2 aromatic rings. The van der Waals surface area contributed by atoms with Crippen LogP contribution in [-0.4, -0.2) is 41.1 Å². The first-order valence-corrected chi connectivity index (χ1v) is 7.79. The molecule has 1 amide bonds. The highest BCUT2D eigenvalue weighted by atomic mass is 32.1. The van der Waals surface area contributed by atoms with Crippen LogP contribution in [0.1, 0.15) is 16.5 Å². The van der Waals surface area contributed by atoms with Crippen molar-refractivity contribution in [2.24, 2.45) is 5.92 Å². The minimum Gasteiger partial charge on any atom is -0.305 e. The van der Waals surface area contributed by atoms with Crippen LogP contribution in [0.4, 0.5) is 5.13 Å². The highest BCUT2D eigenvalue weighted by Gasteiger charge is 2.37. The first-order chi connectivity index (χ1) is 10.1. The molecule has 1 saturated heterocycles. The number of nitrogens with zero attached hydrogens (tertiary/aromatic N) is 3. The lowest BCUT2D eigenvalue weighted by molar-refractivity contribution is -0.119. The summed E-state index contributed by atoms with van der Waals surface area (Å²) in [5, 5.41) is 12.2. The molecule has 5 nitrogen and oxygen atoms in total. The molecule has 0 radical (unpaired) electrons. The fourth-order valence-electron chi connectivity index (χ4n) is 2.85. The Morgan fingerprint density at radius 2 is 2.05 bits per heavy atom. The van der Waals surface area contributed by atoms with Crippen LogP contribution < -0.4 is 5.32 Å². The normalized spacial score (nSPS) is 22.4. The predicted octanol–water partition coefficient (Wildman–Crippen LogP) is 2.13. The van der Waals surface area contributed by atoms with Crippen molar-refractivity contribution >= 4 is 22.4 Å². The molecule has 1 aliphatic rings. The second kappa shape index (κ2) is 5.91.